The van der Waals surface area contributed by atoms with E-state index in [9.17, 15) is 27.9 Å². The summed E-state index contributed by atoms with van der Waals surface area (Å²) in [4.78, 5) is 25.7. The summed E-state index contributed by atoms with van der Waals surface area (Å²) in [7, 11) is 0. The number of nitrogens with one attached hydrogen (secondary N) is 1. The number of hydrogen-bond acceptors (Lipinski definition) is 4. The fraction of sp³-hybridized carbons (Fsp3) is 0.0556. The number of hydrogen-bond donors (Lipinski definition) is 2. The van der Waals surface area contributed by atoms with E-state index in [4.69, 9.17) is 12.2 Å². The highest BCUT2D eigenvalue weighted by atomic mass is 32.1. The van der Waals surface area contributed by atoms with Gasteiger partial charge in [0, 0.05) is 0 Å². The molecule has 1 aliphatic rings. The molecule has 0 aliphatic carbocycles. The molecular formula is C18H11F3N2O3S. The third kappa shape index (κ3) is 3.82. The largest absolute Gasteiger partial charge is 0.508 e. The van der Waals surface area contributed by atoms with Gasteiger partial charge in [0.2, 0.25) is 0 Å². The van der Waals surface area contributed by atoms with Gasteiger partial charge in [0.05, 0.1) is 11.3 Å². The Hall–Kier alpha value is -3.20. The van der Waals surface area contributed by atoms with Crippen molar-refractivity contribution in [2.75, 3.05) is 4.90 Å². The van der Waals surface area contributed by atoms with Crippen LogP contribution in [0.2, 0.25) is 0 Å². The minimum Gasteiger partial charge on any atom is -0.508 e. The third-order valence-electron chi connectivity index (χ3n) is 3.74. The van der Waals surface area contributed by atoms with Crippen molar-refractivity contribution < 1.29 is 27.9 Å². The molecule has 27 heavy (non-hydrogen) atoms. The number of anilines is 1. The van der Waals surface area contributed by atoms with E-state index in [0.29, 0.717) is 5.56 Å². The van der Waals surface area contributed by atoms with Crippen LogP contribution in [0.1, 0.15) is 11.1 Å². The van der Waals surface area contributed by atoms with Crippen LogP contribution >= 0.6 is 12.2 Å². The topological polar surface area (TPSA) is 69.6 Å². The molecule has 1 aliphatic heterocycles. The Morgan fingerprint density at radius 3 is 2.37 bits per heavy atom. The fourth-order valence-corrected chi connectivity index (χ4v) is 2.73. The Morgan fingerprint density at radius 1 is 1.07 bits per heavy atom. The first-order chi connectivity index (χ1) is 12.7. The molecule has 1 saturated heterocycles. The lowest BCUT2D eigenvalue weighted by atomic mass is 10.1. The summed E-state index contributed by atoms with van der Waals surface area (Å²) < 4.78 is 38.9. The van der Waals surface area contributed by atoms with Crippen molar-refractivity contribution in [3.8, 4) is 5.75 Å². The van der Waals surface area contributed by atoms with Gasteiger partial charge in [-0.15, -0.1) is 0 Å². The van der Waals surface area contributed by atoms with Crippen molar-refractivity contribution in [3.63, 3.8) is 0 Å². The van der Waals surface area contributed by atoms with Gasteiger partial charge in [-0.2, -0.15) is 13.2 Å². The van der Waals surface area contributed by atoms with Crippen molar-refractivity contribution in [1.82, 2.24) is 5.32 Å². The lowest BCUT2D eigenvalue weighted by Crippen LogP contribution is -2.54. The summed E-state index contributed by atoms with van der Waals surface area (Å²) in [6, 6.07) is 9.77. The number of amides is 2. The van der Waals surface area contributed by atoms with Gasteiger partial charge in [0.15, 0.2) is 5.11 Å². The zero-order valence-electron chi connectivity index (χ0n) is 13.4. The van der Waals surface area contributed by atoms with Crippen LogP contribution in [-0.4, -0.2) is 22.0 Å². The Labute approximate surface area is 156 Å². The number of phenolic OH excluding ortho intramolecular Hbond substituents is 1. The second kappa shape index (κ2) is 6.84. The number of thiocarbonyl (C=S) groups is 1. The van der Waals surface area contributed by atoms with E-state index >= 15 is 0 Å². The number of phenols is 1. The predicted octanol–water partition coefficient (Wildman–Crippen LogP) is 3.24. The summed E-state index contributed by atoms with van der Waals surface area (Å²) in [5.41, 5.74) is -0.914. The molecule has 9 heteroatoms. The number of nitrogens with zero attached hydrogens (tertiary/aromatic N) is 1. The van der Waals surface area contributed by atoms with Crippen LogP contribution in [-0.2, 0) is 15.8 Å². The maximum absolute atomic E-state index is 13.0. The molecule has 0 saturated carbocycles. The van der Waals surface area contributed by atoms with Crippen molar-refractivity contribution in [1.29, 1.82) is 0 Å². The Kier molecular flexibility index (Phi) is 4.71. The number of alkyl halides is 3. The number of carbonyl (C=O) groups is 2. The monoisotopic (exact) mass is 392 g/mol. The smallest absolute Gasteiger partial charge is 0.416 e. The lowest BCUT2D eigenvalue weighted by molar-refractivity contribution is -0.137. The Bertz CT molecular complexity index is 969. The number of carbonyl (C=O) groups excluding carboxylic acids is 2. The molecular weight excluding hydrogens is 381 g/mol. The van der Waals surface area contributed by atoms with E-state index in [2.05, 4.69) is 5.32 Å². The summed E-state index contributed by atoms with van der Waals surface area (Å²) in [6.07, 6.45) is -3.33. The van der Waals surface area contributed by atoms with E-state index in [1.807, 2.05) is 0 Å². The maximum atomic E-state index is 13.0. The first-order valence-electron chi connectivity index (χ1n) is 7.54. The van der Waals surface area contributed by atoms with Gasteiger partial charge in [-0.25, -0.2) is 0 Å². The molecule has 0 atom stereocenters. The van der Waals surface area contributed by atoms with Crippen molar-refractivity contribution >= 4 is 40.9 Å². The van der Waals surface area contributed by atoms with E-state index < -0.39 is 23.6 Å². The SMILES string of the molecule is O=C1NC(=S)N(c2cccc(C(F)(F)F)c2)C(=O)/C1=C/c1ccc(O)cc1. The quantitative estimate of drug-likeness (QED) is 0.468. The molecule has 2 amide bonds. The molecule has 0 aromatic heterocycles. The summed E-state index contributed by atoms with van der Waals surface area (Å²) in [6.45, 7) is 0. The number of benzene rings is 2. The molecule has 1 fully saturated rings. The van der Waals surface area contributed by atoms with Gasteiger partial charge in [0.1, 0.15) is 11.3 Å². The van der Waals surface area contributed by atoms with Crippen molar-refractivity contribution in [3.05, 3.63) is 65.2 Å². The van der Waals surface area contributed by atoms with Gasteiger partial charge in [-0.1, -0.05) is 18.2 Å². The Morgan fingerprint density at radius 2 is 1.74 bits per heavy atom. The molecule has 138 valence electrons. The summed E-state index contributed by atoms with van der Waals surface area (Å²) in [5.74, 6) is -1.61. The predicted molar refractivity (Wildman–Crippen MR) is 95.8 cm³/mol. The van der Waals surface area contributed by atoms with Gasteiger partial charge >= 0.3 is 6.18 Å². The third-order valence-corrected chi connectivity index (χ3v) is 4.02. The molecule has 0 bridgehead atoms. The number of aromatic hydroxyl groups is 1. The standard InChI is InChI=1S/C18H11F3N2O3S/c19-18(20,21)11-2-1-3-12(9-11)23-16(26)14(15(25)22-17(23)27)8-10-4-6-13(24)7-5-10/h1-9,24H,(H,22,25,27)/b14-8+. The van der Waals surface area contributed by atoms with Crippen molar-refractivity contribution in [2.45, 2.75) is 6.18 Å². The van der Waals surface area contributed by atoms with E-state index in [0.717, 1.165) is 23.1 Å². The molecule has 0 spiro atoms. The lowest BCUT2D eigenvalue weighted by Gasteiger charge is -2.29. The maximum Gasteiger partial charge on any atom is 0.416 e. The number of rotatable bonds is 2. The zero-order chi connectivity index (χ0) is 19.8. The Balaban J connectivity index is 2.02. The summed E-state index contributed by atoms with van der Waals surface area (Å²) >= 11 is 4.97. The van der Waals surface area contributed by atoms with Crippen LogP contribution in [0.4, 0.5) is 18.9 Å². The van der Waals surface area contributed by atoms with Gasteiger partial charge in [-0.05, 0) is 54.2 Å². The van der Waals surface area contributed by atoms with Gasteiger partial charge in [-0.3, -0.25) is 19.8 Å². The van der Waals surface area contributed by atoms with Crippen LogP contribution in [0, 0.1) is 0 Å². The second-order valence-electron chi connectivity index (χ2n) is 5.60. The van der Waals surface area contributed by atoms with E-state index in [-0.39, 0.29) is 22.1 Å². The van der Waals surface area contributed by atoms with Crippen LogP contribution in [0.5, 0.6) is 5.75 Å². The summed E-state index contributed by atoms with van der Waals surface area (Å²) in [5, 5.41) is 11.3. The highest BCUT2D eigenvalue weighted by Crippen LogP contribution is 2.32. The van der Waals surface area contributed by atoms with Crippen molar-refractivity contribution in [2.24, 2.45) is 0 Å². The minimum absolute atomic E-state index is 0.00309. The molecule has 2 aromatic rings. The van der Waals surface area contributed by atoms with E-state index in [1.165, 1.54) is 36.4 Å². The van der Waals surface area contributed by atoms with Crippen LogP contribution < -0.4 is 10.2 Å². The van der Waals surface area contributed by atoms with Crippen LogP contribution in [0.15, 0.2) is 54.1 Å². The number of halogens is 3. The molecule has 0 unspecified atom stereocenters. The molecule has 2 N–H and O–H groups in total. The van der Waals surface area contributed by atoms with Crippen LogP contribution in [0.3, 0.4) is 0 Å². The van der Waals surface area contributed by atoms with Gasteiger partial charge < -0.3 is 5.11 Å². The highest BCUT2D eigenvalue weighted by Gasteiger charge is 2.36. The molecule has 1 heterocycles. The average Bonchev–Trinajstić information content (AvgIpc) is 2.59. The normalized spacial score (nSPS) is 16.6. The highest BCUT2D eigenvalue weighted by molar-refractivity contribution is 7.80. The molecule has 2 aromatic carbocycles. The minimum atomic E-state index is -4.59. The molecule has 0 radical (unpaired) electrons. The second-order valence-corrected chi connectivity index (χ2v) is 5.98. The molecule has 3 rings (SSSR count). The average molecular weight is 392 g/mol. The van der Waals surface area contributed by atoms with E-state index in [1.54, 1.807) is 0 Å². The van der Waals surface area contributed by atoms with Crippen LogP contribution in [0.25, 0.3) is 6.08 Å². The molecule has 5 nitrogen and oxygen atoms in total. The first-order valence-corrected chi connectivity index (χ1v) is 7.95. The van der Waals surface area contributed by atoms with Gasteiger partial charge in [0.25, 0.3) is 11.8 Å². The fourth-order valence-electron chi connectivity index (χ4n) is 2.45. The zero-order valence-corrected chi connectivity index (χ0v) is 14.3. The first kappa shape index (κ1) is 18.6.